The van der Waals surface area contributed by atoms with Crippen LogP contribution in [0.1, 0.15) is 18.1 Å². The largest absolute Gasteiger partial charge is 0.497 e. The van der Waals surface area contributed by atoms with E-state index in [1.807, 2.05) is 37.3 Å². The van der Waals surface area contributed by atoms with Gasteiger partial charge in [-0.1, -0.05) is 42.5 Å². The van der Waals surface area contributed by atoms with Gasteiger partial charge in [-0.15, -0.1) is 0 Å². The summed E-state index contributed by atoms with van der Waals surface area (Å²) in [5.41, 5.74) is 2.37. The van der Waals surface area contributed by atoms with Crippen molar-refractivity contribution in [3.8, 4) is 5.75 Å². The van der Waals surface area contributed by atoms with E-state index >= 15 is 0 Å². The number of guanidine groups is 1. The molecule has 0 unspecified atom stereocenters. The summed E-state index contributed by atoms with van der Waals surface area (Å²) in [5.74, 6) is 1.52. The smallest absolute Gasteiger partial charge is 0.242 e. The molecule has 1 saturated heterocycles. The standard InChI is InChI=1S/C24H33N5O2/c1-3-25-24(27-18-23(30)26-17-20-9-11-22(31-2)12-10-20)29-15-13-28(14-16-29)19-21-7-5-4-6-8-21/h4-12H,3,13-19H2,1-2H3,(H,25,27)(H,26,30). The third-order valence-corrected chi connectivity index (χ3v) is 5.28. The van der Waals surface area contributed by atoms with Crippen LogP contribution in [0.3, 0.4) is 0 Å². The Morgan fingerprint density at radius 2 is 1.68 bits per heavy atom. The molecule has 0 radical (unpaired) electrons. The average Bonchev–Trinajstić information content (AvgIpc) is 2.82. The molecule has 1 heterocycles. The minimum absolute atomic E-state index is 0.0889. The van der Waals surface area contributed by atoms with Crippen LogP contribution >= 0.6 is 0 Å². The summed E-state index contributed by atoms with van der Waals surface area (Å²) >= 11 is 0. The van der Waals surface area contributed by atoms with E-state index in [1.54, 1.807) is 7.11 Å². The first-order chi connectivity index (χ1) is 15.2. The minimum Gasteiger partial charge on any atom is -0.497 e. The summed E-state index contributed by atoms with van der Waals surface area (Å²) in [6, 6.07) is 18.2. The van der Waals surface area contributed by atoms with Gasteiger partial charge >= 0.3 is 0 Å². The molecule has 7 nitrogen and oxygen atoms in total. The molecule has 0 aliphatic carbocycles. The van der Waals surface area contributed by atoms with Crippen LogP contribution in [0.4, 0.5) is 0 Å². The maximum absolute atomic E-state index is 12.3. The van der Waals surface area contributed by atoms with E-state index in [1.165, 1.54) is 5.56 Å². The zero-order chi connectivity index (χ0) is 21.9. The highest BCUT2D eigenvalue weighted by atomic mass is 16.5. The van der Waals surface area contributed by atoms with Crippen molar-refractivity contribution in [3.63, 3.8) is 0 Å². The molecule has 0 aromatic heterocycles. The highest BCUT2D eigenvalue weighted by molar-refractivity contribution is 5.85. The molecule has 3 rings (SSSR count). The molecule has 1 aliphatic rings. The van der Waals surface area contributed by atoms with E-state index in [4.69, 9.17) is 4.74 Å². The number of aliphatic imine (C=N–C) groups is 1. The van der Waals surface area contributed by atoms with Crippen LogP contribution in [0.15, 0.2) is 59.6 Å². The van der Waals surface area contributed by atoms with Gasteiger partial charge in [0.05, 0.1) is 7.11 Å². The number of rotatable bonds is 8. The Morgan fingerprint density at radius 1 is 0.968 bits per heavy atom. The Morgan fingerprint density at radius 3 is 2.32 bits per heavy atom. The first kappa shape index (κ1) is 22.6. The Labute approximate surface area is 185 Å². The molecule has 0 saturated carbocycles. The Kier molecular flexibility index (Phi) is 8.72. The lowest BCUT2D eigenvalue weighted by Gasteiger charge is -2.36. The zero-order valence-electron chi connectivity index (χ0n) is 18.5. The molecule has 2 aromatic rings. The number of hydrogen-bond donors (Lipinski definition) is 2. The number of carbonyl (C=O) groups excluding carboxylic acids is 1. The highest BCUT2D eigenvalue weighted by Crippen LogP contribution is 2.11. The molecule has 1 amide bonds. The van der Waals surface area contributed by atoms with Crippen molar-refractivity contribution in [3.05, 3.63) is 65.7 Å². The molecule has 0 spiro atoms. The fraction of sp³-hybridized carbons (Fsp3) is 0.417. The maximum Gasteiger partial charge on any atom is 0.242 e. The second-order valence-electron chi connectivity index (χ2n) is 7.54. The van der Waals surface area contributed by atoms with Crippen LogP contribution < -0.4 is 15.4 Å². The van der Waals surface area contributed by atoms with Crippen LogP contribution in [-0.4, -0.2) is 68.0 Å². The lowest BCUT2D eigenvalue weighted by Crippen LogP contribution is -2.52. The third kappa shape index (κ3) is 7.29. The summed E-state index contributed by atoms with van der Waals surface area (Å²) < 4.78 is 5.16. The van der Waals surface area contributed by atoms with Gasteiger partial charge in [0.2, 0.25) is 5.91 Å². The number of nitrogens with zero attached hydrogens (tertiary/aromatic N) is 3. The first-order valence-electron chi connectivity index (χ1n) is 10.9. The van der Waals surface area contributed by atoms with Gasteiger partial charge in [-0.05, 0) is 30.2 Å². The molecule has 2 N–H and O–H groups in total. The molecule has 1 aliphatic heterocycles. The normalized spacial score (nSPS) is 14.9. The molecule has 0 bridgehead atoms. The average molecular weight is 424 g/mol. The van der Waals surface area contributed by atoms with E-state index < -0.39 is 0 Å². The van der Waals surface area contributed by atoms with Gasteiger partial charge in [0.15, 0.2) is 5.96 Å². The van der Waals surface area contributed by atoms with E-state index in [9.17, 15) is 4.79 Å². The first-order valence-corrected chi connectivity index (χ1v) is 10.9. The molecular formula is C24H33N5O2. The van der Waals surface area contributed by atoms with Gasteiger partial charge in [0, 0.05) is 45.8 Å². The van der Waals surface area contributed by atoms with Crippen LogP contribution in [0.25, 0.3) is 0 Å². The number of hydrogen-bond acceptors (Lipinski definition) is 4. The summed E-state index contributed by atoms with van der Waals surface area (Å²) in [5, 5.41) is 6.25. The monoisotopic (exact) mass is 423 g/mol. The van der Waals surface area contributed by atoms with Gasteiger partial charge in [-0.25, -0.2) is 4.99 Å². The molecular weight excluding hydrogens is 390 g/mol. The SMILES string of the molecule is CCNC(=NCC(=O)NCc1ccc(OC)cc1)N1CCN(Cc2ccccc2)CC1. The highest BCUT2D eigenvalue weighted by Gasteiger charge is 2.19. The van der Waals surface area contributed by atoms with Gasteiger partial charge in [0.25, 0.3) is 0 Å². The number of ether oxygens (including phenoxy) is 1. The Hall–Kier alpha value is -3.06. The minimum atomic E-state index is -0.0889. The van der Waals surface area contributed by atoms with Crippen molar-refractivity contribution >= 4 is 11.9 Å². The van der Waals surface area contributed by atoms with E-state index in [0.717, 1.165) is 56.5 Å². The van der Waals surface area contributed by atoms with Crippen molar-refractivity contribution < 1.29 is 9.53 Å². The third-order valence-electron chi connectivity index (χ3n) is 5.28. The number of carbonyl (C=O) groups is 1. The Balaban J connectivity index is 1.46. The molecule has 1 fully saturated rings. The number of methoxy groups -OCH3 is 1. The Bertz CT molecular complexity index is 831. The van der Waals surface area contributed by atoms with Crippen molar-refractivity contribution in [1.29, 1.82) is 0 Å². The van der Waals surface area contributed by atoms with Crippen molar-refractivity contribution in [2.24, 2.45) is 4.99 Å². The van der Waals surface area contributed by atoms with Crippen LogP contribution in [0, 0.1) is 0 Å². The second-order valence-corrected chi connectivity index (χ2v) is 7.54. The quantitative estimate of drug-likeness (QED) is 0.503. The van der Waals surface area contributed by atoms with Gasteiger partial charge in [0.1, 0.15) is 12.3 Å². The molecule has 7 heteroatoms. The van der Waals surface area contributed by atoms with Crippen molar-refractivity contribution in [2.75, 3.05) is 46.4 Å². The lowest BCUT2D eigenvalue weighted by molar-refractivity contribution is -0.119. The summed E-state index contributed by atoms with van der Waals surface area (Å²) in [6.45, 7) is 8.12. The molecule has 2 aromatic carbocycles. The van der Waals surface area contributed by atoms with E-state index in [2.05, 4.69) is 49.7 Å². The summed E-state index contributed by atoms with van der Waals surface area (Å²) in [7, 11) is 1.64. The number of benzene rings is 2. The maximum atomic E-state index is 12.3. The van der Waals surface area contributed by atoms with Crippen LogP contribution in [0.5, 0.6) is 5.75 Å². The number of piperazine rings is 1. The molecule has 166 valence electrons. The molecule has 0 atom stereocenters. The predicted octanol–water partition coefficient (Wildman–Crippen LogP) is 2.09. The van der Waals surface area contributed by atoms with Gasteiger partial charge in [-0.3, -0.25) is 9.69 Å². The second kappa shape index (κ2) is 12.0. The van der Waals surface area contributed by atoms with Crippen LogP contribution in [-0.2, 0) is 17.9 Å². The summed E-state index contributed by atoms with van der Waals surface area (Å²) in [6.07, 6.45) is 0. The fourth-order valence-corrected chi connectivity index (χ4v) is 3.53. The summed E-state index contributed by atoms with van der Waals surface area (Å²) in [4.78, 5) is 21.5. The fourth-order valence-electron chi connectivity index (χ4n) is 3.53. The predicted molar refractivity (Wildman–Crippen MR) is 124 cm³/mol. The number of nitrogens with one attached hydrogen (secondary N) is 2. The lowest BCUT2D eigenvalue weighted by atomic mass is 10.2. The zero-order valence-corrected chi connectivity index (χ0v) is 18.5. The van der Waals surface area contributed by atoms with Gasteiger partial charge in [-0.2, -0.15) is 0 Å². The van der Waals surface area contributed by atoms with Crippen molar-refractivity contribution in [1.82, 2.24) is 20.4 Å². The molecule has 31 heavy (non-hydrogen) atoms. The topological polar surface area (TPSA) is 69.2 Å². The van der Waals surface area contributed by atoms with Crippen LogP contribution in [0.2, 0.25) is 0 Å². The van der Waals surface area contributed by atoms with Crippen molar-refractivity contribution in [2.45, 2.75) is 20.0 Å². The number of amides is 1. The van der Waals surface area contributed by atoms with Gasteiger partial charge < -0.3 is 20.3 Å². The van der Waals surface area contributed by atoms with E-state index in [0.29, 0.717) is 6.54 Å². The van der Waals surface area contributed by atoms with E-state index in [-0.39, 0.29) is 12.5 Å².